The van der Waals surface area contributed by atoms with Gasteiger partial charge in [-0.1, -0.05) is 18.2 Å². The number of hydrogen-bond donors (Lipinski definition) is 1. The van der Waals surface area contributed by atoms with Crippen molar-refractivity contribution in [2.24, 2.45) is 0 Å². The molecule has 2 aromatic carbocycles. The van der Waals surface area contributed by atoms with Gasteiger partial charge in [-0.25, -0.2) is 0 Å². The number of carbonyl (C=O) groups is 1. The quantitative estimate of drug-likeness (QED) is 0.677. The van der Waals surface area contributed by atoms with Crippen LogP contribution < -0.4 is 4.74 Å². The molecule has 4 nitrogen and oxygen atoms in total. The van der Waals surface area contributed by atoms with Gasteiger partial charge in [0.2, 0.25) is 0 Å². The topological polar surface area (TPSA) is 45.3 Å². The molecule has 0 fully saturated rings. The number of rotatable bonds is 3. The highest BCUT2D eigenvalue weighted by Crippen LogP contribution is 2.32. The summed E-state index contributed by atoms with van der Waals surface area (Å²) >= 11 is 3.61. The highest BCUT2D eigenvalue weighted by molar-refractivity contribution is 9.10. The van der Waals surface area contributed by atoms with Crippen molar-refractivity contribution in [2.45, 2.75) is 32.2 Å². The van der Waals surface area contributed by atoms with Crippen LogP contribution in [0.4, 0.5) is 0 Å². The lowest BCUT2D eigenvalue weighted by Gasteiger charge is -2.27. The number of benzene rings is 2. The Morgan fingerprint density at radius 2 is 2.04 bits per heavy atom. The molecule has 1 amide bonds. The molecular formula is C22H21BrN2O2. The molecule has 1 aromatic heterocycles. The van der Waals surface area contributed by atoms with Crippen LogP contribution in [0.25, 0.3) is 10.9 Å². The number of nitrogens with zero attached hydrogens (tertiary/aromatic N) is 1. The molecule has 0 saturated heterocycles. The average molecular weight is 425 g/mol. The van der Waals surface area contributed by atoms with Gasteiger partial charge in [0.25, 0.3) is 5.91 Å². The fraction of sp³-hybridized carbons (Fsp3) is 0.318. The number of amides is 1. The first-order valence-corrected chi connectivity index (χ1v) is 10.3. The third-order valence-corrected chi connectivity index (χ3v) is 6.41. The molecule has 0 unspecified atom stereocenters. The van der Waals surface area contributed by atoms with Gasteiger partial charge in [-0.05, 0) is 64.5 Å². The van der Waals surface area contributed by atoms with Gasteiger partial charge in [0.05, 0.1) is 5.52 Å². The van der Waals surface area contributed by atoms with Crippen molar-refractivity contribution in [3.8, 4) is 5.75 Å². The molecule has 5 heteroatoms. The van der Waals surface area contributed by atoms with Crippen LogP contribution in [0.15, 0.2) is 40.9 Å². The van der Waals surface area contributed by atoms with Crippen LogP contribution in [-0.4, -0.2) is 28.9 Å². The Hall–Kier alpha value is -2.27. The van der Waals surface area contributed by atoms with E-state index in [1.807, 2.05) is 23.1 Å². The third-order valence-electron chi connectivity index (χ3n) is 5.74. The van der Waals surface area contributed by atoms with E-state index in [1.54, 1.807) is 0 Å². The van der Waals surface area contributed by atoms with Crippen molar-refractivity contribution >= 4 is 32.7 Å². The van der Waals surface area contributed by atoms with E-state index in [0.29, 0.717) is 6.54 Å². The van der Waals surface area contributed by atoms with Crippen LogP contribution in [0, 0.1) is 0 Å². The molecule has 27 heavy (non-hydrogen) atoms. The number of H-pyrrole nitrogens is 1. The average Bonchev–Trinajstić information content (AvgIpc) is 3.30. The summed E-state index contributed by atoms with van der Waals surface area (Å²) in [5.74, 6) is 0.850. The third kappa shape index (κ3) is 3.04. The highest BCUT2D eigenvalue weighted by atomic mass is 79.9. The fourth-order valence-corrected chi connectivity index (χ4v) is 4.75. The van der Waals surface area contributed by atoms with Gasteiger partial charge in [-0.2, -0.15) is 0 Å². The van der Waals surface area contributed by atoms with E-state index in [4.69, 9.17) is 4.74 Å². The zero-order valence-electron chi connectivity index (χ0n) is 15.1. The van der Waals surface area contributed by atoms with Crippen molar-refractivity contribution in [3.05, 3.63) is 63.3 Å². The molecule has 0 radical (unpaired) electrons. The second kappa shape index (κ2) is 6.71. The summed E-state index contributed by atoms with van der Waals surface area (Å²) in [6, 6.07) is 12.4. The molecule has 0 bridgehead atoms. The molecule has 2 aliphatic rings. The number of para-hydroxylation sites is 1. The van der Waals surface area contributed by atoms with Crippen molar-refractivity contribution in [1.82, 2.24) is 9.88 Å². The largest absolute Gasteiger partial charge is 0.484 e. The number of carbonyl (C=O) groups excluding carboxylic acids is 1. The van der Waals surface area contributed by atoms with E-state index < -0.39 is 0 Å². The van der Waals surface area contributed by atoms with Crippen molar-refractivity contribution < 1.29 is 9.53 Å². The molecule has 1 aliphatic carbocycles. The summed E-state index contributed by atoms with van der Waals surface area (Å²) < 4.78 is 6.88. The molecule has 3 aromatic rings. The van der Waals surface area contributed by atoms with Crippen LogP contribution in [0.1, 0.15) is 28.8 Å². The minimum atomic E-state index is 0.0468. The number of aromatic nitrogens is 1. The first-order chi connectivity index (χ1) is 13.2. The summed E-state index contributed by atoms with van der Waals surface area (Å²) in [5.41, 5.74) is 6.37. The second-order valence-corrected chi connectivity index (χ2v) is 8.24. The van der Waals surface area contributed by atoms with E-state index in [9.17, 15) is 4.79 Å². The summed E-state index contributed by atoms with van der Waals surface area (Å²) in [7, 11) is 0. The number of aryl methyl sites for hydroxylation is 2. The highest BCUT2D eigenvalue weighted by Gasteiger charge is 2.25. The summed E-state index contributed by atoms with van der Waals surface area (Å²) in [4.78, 5) is 18.1. The van der Waals surface area contributed by atoms with Crippen LogP contribution in [0.3, 0.4) is 0 Å². The summed E-state index contributed by atoms with van der Waals surface area (Å²) in [6.07, 6.45) is 4.34. The zero-order valence-corrected chi connectivity index (χ0v) is 16.6. The predicted molar refractivity (Wildman–Crippen MR) is 109 cm³/mol. The van der Waals surface area contributed by atoms with Crippen LogP contribution in [0.2, 0.25) is 0 Å². The Morgan fingerprint density at radius 1 is 1.15 bits per heavy atom. The maximum absolute atomic E-state index is 12.7. The SMILES string of the molecule is O=C(COc1ccc2c(c1)CCC2)N1CCc2[nH]c3c(Br)cccc3c2C1. The Balaban J connectivity index is 1.29. The van der Waals surface area contributed by atoms with Crippen molar-refractivity contribution in [3.63, 3.8) is 0 Å². The van der Waals surface area contributed by atoms with E-state index in [2.05, 4.69) is 39.1 Å². The second-order valence-electron chi connectivity index (χ2n) is 7.38. The number of aromatic amines is 1. The van der Waals surface area contributed by atoms with E-state index in [1.165, 1.54) is 34.2 Å². The Morgan fingerprint density at radius 3 is 2.96 bits per heavy atom. The maximum Gasteiger partial charge on any atom is 0.260 e. The van der Waals surface area contributed by atoms with Crippen LogP contribution in [0.5, 0.6) is 5.75 Å². The molecule has 1 aliphatic heterocycles. The number of nitrogens with one attached hydrogen (secondary N) is 1. The van der Waals surface area contributed by atoms with E-state index in [0.717, 1.165) is 41.5 Å². The first-order valence-electron chi connectivity index (χ1n) is 9.49. The van der Waals surface area contributed by atoms with Crippen molar-refractivity contribution in [2.75, 3.05) is 13.2 Å². The molecule has 0 saturated carbocycles. The number of halogens is 1. The standard InChI is InChI=1S/C22H21BrN2O2/c23-19-6-2-5-17-18-12-25(10-9-20(18)24-22(17)19)21(26)13-27-16-8-7-14-3-1-4-15(14)11-16/h2,5-8,11,24H,1,3-4,9-10,12-13H2. The van der Waals surface area contributed by atoms with Gasteiger partial charge in [0.1, 0.15) is 5.75 Å². The summed E-state index contributed by atoms with van der Waals surface area (Å²) in [6.45, 7) is 1.46. The minimum Gasteiger partial charge on any atom is -0.484 e. The molecule has 0 spiro atoms. The van der Waals surface area contributed by atoms with Crippen LogP contribution in [-0.2, 0) is 30.6 Å². The molecule has 5 rings (SSSR count). The Kier molecular flexibility index (Phi) is 4.20. The minimum absolute atomic E-state index is 0.0468. The zero-order chi connectivity index (χ0) is 18.4. The van der Waals surface area contributed by atoms with Crippen LogP contribution >= 0.6 is 15.9 Å². The lowest BCUT2D eigenvalue weighted by molar-refractivity contribution is -0.134. The lowest BCUT2D eigenvalue weighted by Crippen LogP contribution is -2.38. The van der Waals surface area contributed by atoms with Gasteiger partial charge in [0.15, 0.2) is 6.61 Å². The molecular weight excluding hydrogens is 404 g/mol. The molecule has 138 valence electrons. The lowest BCUT2D eigenvalue weighted by atomic mass is 10.0. The van der Waals surface area contributed by atoms with E-state index >= 15 is 0 Å². The van der Waals surface area contributed by atoms with Gasteiger partial charge in [-0.3, -0.25) is 4.79 Å². The van der Waals surface area contributed by atoms with Gasteiger partial charge in [-0.15, -0.1) is 0 Å². The summed E-state index contributed by atoms with van der Waals surface area (Å²) in [5, 5.41) is 1.19. The number of hydrogen-bond acceptors (Lipinski definition) is 2. The molecule has 1 N–H and O–H groups in total. The van der Waals surface area contributed by atoms with Crippen molar-refractivity contribution in [1.29, 1.82) is 0 Å². The van der Waals surface area contributed by atoms with Gasteiger partial charge < -0.3 is 14.6 Å². The first kappa shape index (κ1) is 16.9. The predicted octanol–water partition coefficient (Wildman–Crippen LogP) is 4.38. The number of fused-ring (bicyclic) bond motifs is 4. The van der Waals surface area contributed by atoms with Gasteiger partial charge >= 0.3 is 0 Å². The monoisotopic (exact) mass is 424 g/mol. The van der Waals surface area contributed by atoms with E-state index in [-0.39, 0.29) is 12.5 Å². The van der Waals surface area contributed by atoms with Gasteiger partial charge in [0, 0.05) is 40.6 Å². The molecule has 0 atom stereocenters. The normalized spacial score (nSPS) is 15.7. The Labute approximate surface area is 166 Å². The smallest absolute Gasteiger partial charge is 0.260 e. The number of ether oxygens (including phenoxy) is 1. The Bertz CT molecular complexity index is 1040. The molecule has 2 heterocycles. The fourth-order valence-electron chi connectivity index (χ4n) is 4.29. The maximum atomic E-state index is 12.7.